The standard InChI is InChI=1S/C14H14O2/c1-14(7-6-11(15)9-14)13-8-10-4-2-3-5-12(10)16-13/h2-5,8H,6-7,9H2,1H3. The summed E-state index contributed by atoms with van der Waals surface area (Å²) in [5.41, 5.74) is 0.828. The molecule has 1 aromatic carbocycles. The van der Waals surface area contributed by atoms with Crippen LogP contribution in [-0.2, 0) is 10.2 Å². The number of furan rings is 1. The zero-order valence-electron chi connectivity index (χ0n) is 9.32. The first-order chi connectivity index (χ1) is 7.67. The number of ketones is 1. The Morgan fingerprint density at radius 3 is 2.81 bits per heavy atom. The molecule has 1 aliphatic rings. The second-order valence-corrected chi connectivity index (χ2v) is 4.92. The minimum absolute atomic E-state index is 0.0872. The highest BCUT2D eigenvalue weighted by molar-refractivity contribution is 5.83. The molecular formula is C14H14O2. The summed E-state index contributed by atoms with van der Waals surface area (Å²) in [6, 6.07) is 10.1. The number of benzene rings is 1. The highest BCUT2D eigenvalue weighted by Gasteiger charge is 2.38. The summed E-state index contributed by atoms with van der Waals surface area (Å²) in [7, 11) is 0. The van der Waals surface area contributed by atoms with Crippen LogP contribution in [0.5, 0.6) is 0 Å². The molecule has 1 aromatic heterocycles. The third-order valence-corrected chi connectivity index (χ3v) is 3.56. The number of rotatable bonds is 1. The number of hydrogen-bond acceptors (Lipinski definition) is 2. The van der Waals surface area contributed by atoms with E-state index in [9.17, 15) is 4.79 Å². The maximum absolute atomic E-state index is 11.4. The van der Waals surface area contributed by atoms with E-state index in [1.165, 1.54) is 0 Å². The third kappa shape index (κ3) is 1.37. The summed E-state index contributed by atoms with van der Waals surface area (Å²) in [4.78, 5) is 11.4. The number of carbonyl (C=O) groups excluding carboxylic acids is 1. The second kappa shape index (κ2) is 3.21. The lowest BCUT2D eigenvalue weighted by atomic mass is 9.86. The van der Waals surface area contributed by atoms with Gasteiger partial charge in [0.2, 0.25) is 0 Å². The molecule has 82 valence electrons. The van der Waals surface area contributed by atoms with Crippen LogP contribution < -0.4 is 0 Å². The van der Waals surface area contributed by atoms with Crippen molar-refractivity contribution in [2.24, 2.45) is 0 Å². The number of carbonyl (C=O) groups is 1. The van der Waals surface area contributed by atoms with E-state index in [0.29, 0.717) is 18.6 Å². The third-order valence-electron chi connectivity index (χ3n) is 3.56. The van der Waals surface area contributed by atoms with Gasteiger partial charge in [-0.3, -0.25) is 4.79 Å². The molecule has 1 aliphatic carbocycles. The minimum atomic E-state index is -0.0872. The van der Waals surface area contributed by atoms with Gasteiger partial charge in [-0.2, -0.15) is 0 Å². The molecule has 0 aliphatic heterocycles. The highest BCUT2D eigenvalue weighted by atomic mass is 16.3. The minimum Gasteiger partial charge on any atom is -0.460 e. The maximum atomic E-state index is 11.4. The van der Waals surface area contributed by atoms with E-state index in [-0.39, 0.29) is 5.41 Å². The van der Waals surface area contributed by atoms with Gasteiger partial charge in [-0.15, -0.1) is 0 Å². The van der Waals surface area contributed by atoms with Gasteiger partial charge in [0.15, 0.2) is 0 Å². The molecule has 1 fully saturated rings. The van der Waals surface area contributed by atoms with Crippen molar-refractivity contribution in [3.8, 4) is 0 Å². The number of para-hydroxylation sites is 1. The van der Waals surface area contributed by atoms with Crippen LogP contribution in [0.3, 0.4) is 0 Å². The SMILES string of the molecule is CC1(c2cc3ccccc3o2)CCC(=O)C1. The zero-order valence-corrected chi connectivity index (χ0v) is 9.32. The Morgan fingerprint density at radius 1 is 1.31 bits per heavy atom. The summed E-state index contributed by atoms with van der Waals surface area (Å²) in [5.74, 6) is 1.31. The van der Waals surface area contributed by atoms with Gasteiger partial charge in [-0.1, -0.05) is 25.1 Å². The molecule has 0 saturated heterocycles. The molecule has 16 heavy (non-hydrogen) atoms. The Bertz CT molecular complexity index is 520. The molecule has 1 atom stereocenters. The topological polar surface area (TPSA) is 30.2 Å². The largest absolute Gasteiger partial charge is 0.460 e. The molecule has 0 radical (unpaired) electrons. The average molecular weight is 214 g/mol. The van der Waals surface area contributed by atoms with Gasteiger partial charge < -0.3 is 4.42 Å². The van der Waals surface area contributed by atoms with E-state index in [0.717, 1.165) is 23.2 Å². The van der Waals surface area contributed by atoms with Crippen LogP contribution in [0, 0.1) is 0 Å². The first-order valence-electron chi connectivity index (χ1n) is 5.68. The van der Waals surface area contributed by atoms with Crippen LogP contribution in [0.25, 0.3) is 11.0 Å². The molecule has 0 N–H and O–H groups in total. The van der Waals surface area contributed by atoms with E-state index in [2.05, 4.69) is 13.0 Å². The summed E-state index contributed by atoms with van der Waals surface area (Å²) in [5, 5.41) is 1.12. The lowest BCUT2D eigenvalue weighted by molar-refractivity contribution is -0.117. The van der Waals surface area contributed by atoms with Gasteiger partial charge in [0.05, 0.1) is 0 Å². The predicted octanol–water partition coefficient (Wildman–Crippen LogP) is 3.44. The van der Waals surface area contributed by atoms with Crippen LogP contribution in [0.4, 0.5) is 0 Å². The molecule has 2 heteroatoms. The van der Waals surface area contributed by atoms with Crippen molar-refractivity contribution < 1.29 is 9.21 Å². The molecule has 2 aromatic rings. The Labute approximate surface area is 94.3 Å². The first kappa shape index (κ1) is 9.64. The van der Waals surface area contributed by atoms with Gasteiger partial charge in [0, 0.05) is 23.6 Å². The smallest absolute Gasteiger partial charge is 0.134 e. The van der Waals surface area contributed by atoms with Crippen molar-refractivity contribution in [1.29, 1.82) is 0 Å². The van der Waals surface area contributed by atoms with E-state index >= 15 is 0 Å². The molecule has 1 unspecified atom stereocenters. The molecule has 2 nitrogen and oxygen atoms in total. The van der Waals surface area contributed by atoms with Gasteiger partial charge >= 0.3 is 0 Å². The summed E-state index contributed by atoms with van der Waals surface area (Å²) >= 11 is 0. The Balaban J connectivity index is 2.09. The summed E-state index contributed by atoms with van der Waals surface area (Å²) < 4.78 is 5.85. The van der Waals surface area contributed by atoms with Crippen molar-refractivity contribution in [1.82, 2.24) is 0 Å². The van der Waals surface area contributed by atoms with Crippen LogP contribution in [0.15, 0.2) is 34.7 Å². The Kier molecular flexibility index (Phi) is 1.93. The Morgan fingerprint density at radius 2 is 2.12 bits per heavy atom. The van der Waals surface area contributed by atoms with E-state index in [4.69, 9.17) is 4.42 Å². The molecule has 1 heterocycles. The number of Topliss-reactive ketones (excluding diaryl/α,β-unsaturated/α-hetero) is 1. The fourth-order valence-electron chi connectivity index (χ4n) is 2.52. The molecular weight excluding hydrogens is 200 g/mol. The van der Waals surface area contributed by atoms with Crippen molar-refractivity contribution in [2.45, 2.75) is 31.6 Å². The lowest BCUT2D eigenvalue weighted by Crippen LogP contribution is -2.16. The average Bonchev–Trinajstić information content (AvgIpc) is 2.83. The van der Waals surface area contributed by atoms with Crippen molar-refractivity contribution in [2.75, 3.05) is 0 Å². The Hall–Kier alpha value is -1.57. The molecule has 0 amide bonds. The van der Waals surface area contributed by atoms with E-state index < -0.39 is 0 Å². The normalized spacial score (nSPS) is 25.4. The van der Waals surface area contributed by atoms with Gasteiger partial charge in [0.25, 0.3) is 0 Å². The number of fused-ring (bicyclic) bond motifs is 1. The van der Waals surface area contributed by atoms with Gasteiger partial charge in [-0.05, 0) is 18.6 Å². The zero-order chi connectivity index (χ0) is 11.2. The fraction of sp³-hybridized carbons (Fsp3) is 0.357. The van der Waals surface area contributed by atoms with Crippen LogP contribution in [0.1, 0.15) is 31.9 Å². The van der Waals surface area contributed by atoms with E-state index in [1.807, 2.05) is 24.3 Å². The second-order valence-electron chi connectivity index (χ2n) is 4.92. The lowest BCUT2D eigenvalue weighted by Gasteiger charge is -2.18. The molecule has 3 rings (SSSR count). The summed E-state index contributed by atoms with van der Waals surface area (Å²) in [6.45, 7) is 2.12. The molecule has 0 bridgehead atoms. The van der Waals surface area contributed by atoms with Crippen molar-refractivity contribution in [3.63, 3.8) is 0 Å². The van der Waals surface area contributed by atoms with Crippen molar-refractivity contribution >= 4 is 16.8 Å². The fourth-order valence-corrected chi connectivity index (χ4v) is 2.52. The highest BCUT2D eigenvalue weighted by Crippen LogP contribution is 2.40. The van der Waals surface area contributed by atoms with Crippen LogP contribution in [0.2, 0.25) is 0 Å². The van der Waals surface area contributed by atoms with Crippen LogP contribution >= 0.6 is 0 Å². The van der Waals surface area contributed by atoms with E-state index in [1.54, 1.807) is 0 Å². The maximum Gasteiger partial charge on any atom is 0.134 e. The predicted molar refractivity (Wildman–Crippen MR) is 62.4 cm³/mol. The molecule has 1 saturated carbocycles. The van der Waals surface area contributed by atoms with Gasteiger partial charge in [-0.25, -0.2) is 0 Å². The van der Waals surface area contributed by atoms with Crippen molar-refractivity contribution in [3.05, 3.63) is 36.1 Å². The first-order valence-corrected chi connectivity index (χ1v) is 5.68. The number of hydrogen-bond donors (Lipinski definition) is 0. The van der Waals surface area contributed by atoms with Crippen LogP contribution in [-0.4, -0.2) is 5.78 Å². The molecule has 0 spiro atoms. The summed E-state index contributed by atoms with van der Waals surface area (Å²) in [6.07, 6.45) is 2.21. The monoisotopic (exact) mass is 214 g/mol. The quantitative estimate of drug-likeness (QED) is 0.727. The van der Waals surface area contributed by atoms with Gasteiger partial charge in [0.1, 0.15) is 17.1 Å².